The van der Waals surface area contributed by atoms with Crippen LogP contribution >= 0.6 is 0 Å². The molecular weight excluding hydrogens is 240 g/mol. The van der Waals surface area contributed by atoms with Crippen molar-refractivity contribution < 1.29 is 9.53 Å². The van der Waals surface area contributed by atoms with E-state index >= 15 is 0 Å². The lowest BCUT2D eigenvalue weighted by Crippen LogP contribution is -2.35. The van der Waals surface area contributed by atoms with Gasteiger partial charge < -0.3 is 15.4 Å². The lowest BCUT2D eigenvalue weighted by molar-refractivity contribution is 0.0738. The maximum atomic E-state index is 12.6. The molecule has 19 heavy (non-hydrogen) atoms. The zero-order chi connectivity index (χ0) is 13.7. The zero-order valence-electron chi connectivity index (χ0n) is 11.5. The molecule has 1 aromatic carbocycles. The summed E-state index contributed by atoms with van der Waals surface area (Å²) >= 11 is 0. The molecule has 4 nitrogen and oxygen atoms in total. The van der Waals surface area contributed by atoms with Gasteiger partial charge in [0.15, 0.2) is 0 Å². The molecule has 0 unspecified atom stereocenters. The van der Waals surface area contributed by atoms with Gasteiger partial charge in [0.05, 0.1) is 12.2 Å². The van der Waals surface area contributed by atoms with Gasteiger partial charge in [0.2, 0.25) is 0 Å². The highest BCUT2D eigenvalue weighted by molar-refractivity contribution is 5.97. The summed E-state index contributed by atoms with van der Waals surface area (Å²) in [7, 11) is 0. The van der Waals surface area contributed by atoms with Crippen LogP contribution in [-0.4, -0.2) is 36.5 Å². The largest absolute Gasteiger partial charge is 0.493 e. The van der Waals surface area contributed by atoms with Gasteiger partial charge in [-0.2, -0.15) is 0 Å². The number of hydrogen-bond donors (Lipinski definition) is 1. The fourth-order valence-corrected chi connectivity index (χ4v) is 2.18. The third-order valence-electron chi connectivity index (χ3n) is 3.27. The topological polar surface area (TPSA) is 55.6 Å². The van der Waals surface area contributed by atoms with Gasteiger partial charge in [-0.05, 0) is 44.9 Å². The Morgan fingerprint density at radius 1 is 1.42 bits per heavy atom. The fraction of sp³-hybridized carbons (Fsp3) is 0.533. The summed E-state index contributed by atoms with van der Waals surface area (Å²) in [6.45, 7) is 3.84. The van der Waals surface area contributed by atoms with Crippen molar-refractivity contribution in [1.82, 2.24) is 4.90 Å². The van der Waals surface area contributed by atoms with E-state index in [0.717, 1.165) is 25.8 Å². The van der Waals surface area contributed by atoms with Gasteiger partial charge in [-0.25, -0.2) is 0 Å². The molecule has 1 amide bonds. The summed E-state index contributed by atoms with van der Waals surface area (Å²) < 4.78 is 5.54. The van der Waals surface area contributed by atoms with E-state index < -0.39 is 0 Å². The van der Waals surface area contributed by atoms with Crippen LogP contribution in [0.3, 0.4) is 0 Å². The summed E-state index contributed by atoms with van der Waals surface area (Å²) in [5, 5.41) is 0. The van der Waals surface area contributed by atoms with Gasteiger partial charge in [-0.15, -0.1) is 0 Å². The normalized spacial score (nSPS) is 14.2. The predicted octanol–water partition coefficient (Wildman–Crippen LogP) is 2.04. The molecule has 2 rings (SSSR count). The number of nitrogens with two attached hydrogens (primary N) is 1. The second-order valence-electron chi connectivity index (χ2n) is 4.80. The summed E-state index contributed by atoms with van der Waals surface area (Å²) in [6.07, 6.45) is 3.05. The number of carbonyl (C=O) groups excluding carboxylic acids is 1. The highest BCUT2D eigenvalue weighted by atomic mass is 16.5. The van der Waals surface area contributed by atoms with E-state index in [1.165, 1.54) is 0 Å². The van der Waals surface area contributed by atoms with Crippen molar-refractivity contribution in [2.45, 2.75) is 32.2 Å². The molecule has 0 heterocycles. The fourth-order valence-electron chi connectivity index (χ4n) is 2.18. The maximum absolute atomic E-state index is 12.6. The van der Waals surface area contributed by atoms with Crippen molar-refractivity contribution in [3.8, 4) is 5.75 Å². The molecule has 1 aliphatic carbocycles. The van der Waals surface area contributed by atoms with Crippen molar-refractivity contribution in [2.75, 3.05) is 19.7 Å². The molecule has 1 saturated carbocycles. The van der Waals surface area contributed by atoms with Crippen LogP contribution in [0, 0.1) is 0 Å². The van der Waals surface area contributed by atoms with Crippen molar-refractivity contribution in [2.24, 2.45) is 5.73 Å². The Hall–Kier alpha value is -1.55. The third-order valence-corrected chi connectivity index (χ3v) is 3.27. The minimum absolute atomic E-state index is 0.0694. The zero-order valence-corrected chi connectivity index (χ0v) is 11.5. The molecule has 104 valence electrons. The van der Waals surface area contributed by atoms with Gasteiger partial charge >= 0.3 is 0 Å². The standard InChI is InChI=1S/C15H22N2O2/c1-2-19-14-7-4-3-6-13(14)15(18)17(11-5-10-16)12-8-9-12/h3-4,6-7,12H,2,5,8-11,16H2,1H3. The monoisotopic (exact) mass is 262 g/mol. The van der Waals surface area contributed by atoms with Gasteiger partial charge in [0.1, 0.15) is 5.75 Å². The quantitative estimate of drug-likeness (QED) is 0.818. The molecule has 0 bridgehead atoms. The average molecular weight is 262 g/mol. The summed E-state index contributed by atoms with van der Waals surface area (Å²) in [5.74, 6) is 0.744. The van der Waals surface area contributed by atoms with E-state index in [9.17, 15) is 4.79 Å². The molecule has 0 saturated heterocycles. The number of nitrogens with zero attached hydrogens (tertiary/aromatic N) is 1. The Labute approximate surface area is 114 Å². The first-order valence-electron chi connectivity index (χ1n) is 7.00. The molecule has 1 aliphatic rings. The van der Waals surface area contributed by atoms with Crippen molar-refractivity contribution >= 4 is 5.91 Å². The van der Waals surface area contributed by atoms with Crippen LogP contribution in [-0.2, 0) is 0 Å². The van der Waals surface area contributed by atoms with Gasteiger partial charge in [0.25, 0.3) is 5.91 Å². The smallest absolute Gasteiger partial charge is 0.257 e. The number of para-hydroxylation sites is 1. The van der Waals surface area contributed by atoms with Crippen LogP contribution in [0.15, 0.2) is 24.3 Å². The van der Waals surface area contributed by atoms with Crippen molar-refractivity contribution in [1.29, 1.82) is 0 Å². The van der Waals surface area contributed by atoms with E-state index in [2.05, 4.69) is 0 Å². The number of carbonyl (C=O) groups is 1. The van der Waals surface area contributed by atoms with E-state index in [1.807, 2.05) is 36.1 Å². The van der Waals surface area contributed by atoms with Crippen LogP contribution in [0.5, 0.6) is 5.75 Å². The van der Waals surface area contributed by atoms with Crippen LogP contribution in [0.4, 0.5) is 0 Å². The lowest BCUT2D eigenvalue weighted by Gasteiger charge is -2.23. The Bertz CT molecular complexity index is 430. The highest BCUT2D eigenvalue weighted by Crippen LogP contribution is 2.30. The van der Waals surface area contributed by atoms with Crippen molar-refractivity contribution in [3.05, 3.63) is 29.8 Å². The number of rotatable bonds is 7. The molecule has 0 atom stereocenters. The first-order chi connectivity index (χ1) is 9.27. The third kappa shape index (κ3) is 3.47. The Morgan fingerprint density at radius 3 is 2.79 bits per heavy atom. The summed E-state index contributed by atoms with van der Waals surface area (Å²) in [4.78, 5) is 14.6. The van der Waals surface area contributed by atoms with Crippen LogP contribution in [0.1, 0.15) is 36.5 Å². The van der Waals surface area contributed by atoms with Gasteiger partial charge in [0, 0.05) is 12.6 Å². The predicted molar refractivity (Wildman–Crippen MR) is 75.3 cm³/mol. The van der Waals surface area contributed by atoms with Crippen LogP contribution < -0.4 is 10.5 Å². The average Bonchev–Trinajstić information content (AvgIpc) is 3.24. The maximum Gasteiger partial charge on any atom is 0.257 e. The first kappa shape index (κ1) is 13.9. The number of benzene rings is 1. The minimum Gasteiger partial charge on any atom is -0.493 e. The Morgan fingerprint density at radius 2 is 2.16 bits per heavy atom. The SMILES string of the molecule is CCOc1ccccc1C(=O)N(CCCN)C1CC1. The van der Waals surface area contributed by atoms with Gasteiger partial charge in [-0.3, -0.25) is 4.79 Å². The number of ether oxygens (including phenoxy) is 1. The Kier molecular flexibility index (Phi) is 4.80. The summed E-state index contributed by atoms with van der Waals surface area (Å²) in [5.41, 5.74) is 6.21. The molecule has 4 heteroatoms. The van der Waals surface area contributed by atoms with E-state index in [-0.39, 0.29) is 5.91 Å². The summed E-state index contributed by atoms with van der Waals surface area (Å²) in [6, 6.07) is 7.86. The van der Waals surface area contributed by atoms with Crippen molar-refractivity contribution in [3.63, 3.8) is 0 Å². The number of hydrogen-bond acceptors (Lipinski definition) is 3. The van der Waals surface area contributed by atoms with Gasteiger partial charge in [-0.1, -0.05) is 12.1 Å². The van der Waals surface area contributed by atoms with Crippen LogP contribution in [0.2, 0.25) is 0 Å². The molecule has 1 aromatic rings. The molecular formula is C15H22N2O2. The molecule has 1 fully saturated rings. The second kappa shape index (κ2) is 6.57. The lowest BCUT2D eigenvalue weighted by atomic mass is 10.1. The van der Waals surface area contributed by atoms with E-state index in [0.29, 0.717) is 30.5 Å². The minimum atomic E-state index is 0.0694. The number of amides is 1. The van der Waals surface area contributed by atoms with E-state index in [1.54, 1.807) is 0 Å². The Balaban J connectivity index is 2.16. The second-order valence-corrected chi connectivity index (χ2v) is 4.80. The first-order valence-corrected chi connectivity index (χ1v) is 7.00. The molecule has 0 aliphatic heterocycles. The molecule has 0 spiro atoms. The van der Waals surface area contributed by atoms with Crippen LogP contribution in [0.25, 0.3) is 0 Å². The molecule has 0 radical (unpaired) electrons. The molecule has 2 N–H and O–H groups in total. The van der Waals surface area contributed by atoms with E-state index in [4.69, 9.17) is 10.5 Å². The molecule has 0 aromatic heterocycles. The highest BCUT2D eigenvalue weighted by Gasteiger charge is 2.33.